The molecule has 0 aliphatic heterocycles. The normalized spacial score (nSPS) is 13.4. The predicted molar refractivity (Wildman–Crippen MR) is 222 cm³/mol. The first-order valence-electron chi connectivity index (χ1n) is 20.5. The van der Waals surface area contributed by atoms with E-state index < -0.39 is 40.9 Å². The third kappa shape index (κ3) is 12.4. The number of ether oxygens (including phenoxy) is 1. The Kier molecular flexibility index (Phi) is 17.7. The number of amides is 3. The first kappa shape index (κ1) is 46.7. The van der Waals surface area contributed by atoms with Crippen molar-refractivity contribution in [3.63, 3.8) is 0 Å². The van der Waals surface area contributed by atoms with Crippen molar-refractivity contribution in [2.45, 2.75) is 168 Å². The Morgan fingerprint density at radius 1 is 0.839 bits per heavy atom. The lowest BCUT2D eigenvalue weighted by Crippen LogP contribution is -2.57. The van der Waals surface area contributed by atoms with Crippen LogP contribution in [0.2, 0.25) is 5.02 Å². The number of halogens is 1. The minimum atomic E-state index is -2.02. The van der Waals surface area contributed by atoms with Crippen LogP contribution in [0.3, 0.4) is 0 Å². The molecule has 2 heterocycles. The van der Waals surface area contributed by atoms with Crippen molar-refractivity contribution in [3.05, 3.63) is 40.8 Å². The fourth-order valence-corrected chi connectivity index (χ4v) is 6.98. The number of aliphatic hydroxyl groups excluding tert-OH is 2. The van der Waals surface area contributed by atoms with Gasteiger partial charge in [0.1, 0.15) is 10.8 Å². The number of anilines is 1. The van der Waals surface area contributed by atoms with E-state index in [0.717, 1.165) is 69.9 Å². The van der Waals surface area contributed by atoms with Gasteiger partial charge in [-0.1, -0.05) is 136 Å². The molecule has 0 aliphatic carbocycles. The monoisotopic (exact) mass is 801 g/mol. The second-order valence-electron chi connectivity index (χ2n) is 17.1. The number of aromatic nitrogens is 4. The number of rotatable bonds is 24. The minimum absolute atomic E-state index is 0.170. The molecule has 56 heavy (non-hydrogen) atoms. The van der Waals surface area contributed by atoms with Crippen LogP contribution >= 0.6 is 11.6 Å². The molecule has 2 atom stereocenters. The van der Waals surface area contributed by atoms with Gasteiger partial charge in [-0.15, -0.1) is 10.2 Å². The molecule has 314 valence electrons. The van der Waals surface area contributed by atoms with Crippen LogP contribution in [0.4, 0.5) is 5.69 Å². The molecule has 0 bridgehead atoms. The number of carbonyl (C=O) groups excluding carboxylic acids is 3. The van der Waals surface area contributed by atoms with Gasteiger partial charge in [-0.25, -0.2) is 4.52 Å². The van der Waals surface area contributed by atoms with Crippen LogP contribution in [-0.2, 0) is 25.2 Å². The van der Waals surface area contributed by atoms with E-state index >= 15 is 0 Å². The summed E-state index contributed by atoms with van der Waals surface area (Å²) in [7, 11) is 0. The van der Waals surface area contributed by atoms with Crippen LogP contribution < -0.4 is 15.4 Å². The van der Waals surface area contributed by atoms with Gasteiger partial charge >= 0.3 is 0 Å². The maximum Gasteiger partial charge on any atom is 0.258 e. The van der Waals surface area contributed by atoms with E-state index in [4.69, 9.17) is 16.3 Å². The third-order valence-corrected chi connectivity index (χ3v) is 11.2. The summed E-state index contributed by atoms with van der Waals surface area (Å²) in [4.78, 5) is 41.6. The molecular weight excluding hydrogens is 734 g/mol. The summed E-state index contributed by atoms with van der Waals surface area (Å²) >= 11 is 6.66. The Labute approximate surface area is 338 Å². The fraction of sp³-hybridized carbons (Fsp3) is 0.690. The number of aromatic amines is 1. The van der Waals surface area contributed by atoms with E-state index in [9.17, 15) is 24.6 Å². The number of unbranched alkanes of at least 4 members (excludes halogenated alkanes) is 10. The molecule has 0 radical (unpaired) electrons. The molecular formula is C42H68ClN7O6. The molecule has 0 saturated carbocycles. The highest BCUT2D eigenvalue weighted by molar-refractivity contribution is 6.34. The van der Waals surface area contributed by atoms with Gasteiger partial charge in [-0.2, -0.15) is 0 Å². The van der Waals surface area contributed by atoms with Crippen molar-refractivity contribution in [1.29, 1.82) is 0 Å². The van der Waals surface area contributed by atoms with Crippen LogP contribution in [0, 0.1) is 0 Å². The fourth-order valence-electron chi connectivity index (χ4n) is 6.54. The molecule has 0 spiro atoms. The Balaban J connectivity index is 1.63. The van der Waals surface area contributed by atoms with Gasteiger partial charge < -0.3 is 30.5 Å². The van der Waals surface area contributed by atoms with E-state index in [1.165, 1.54) is 12.8 Å². The molecule has 13 nitrogen and oxygen atoms in total. The van der Waals surface area contributed by atoms with E-state index in [-0.39, 0.29) is 23.5 Å². The molecule has 14 heteroatoms. The summed E-state index contributed by atoms with van der Waals surface area (Å²) in [5.41, 5.74) is -0.358. The lowest BCUT2D eigenvalue weighted by molar-refractivity contribution is -0.151. The number of nitrogens with zero attached hydrogens (tertiary/aromatic N) is 4. The number of aliphatic hydroxyl groups is 2. The van der Waals surface area contributed by atoms with Crippen molar-refractivity contribution >= 4 is 40.7 Å². The van der Waals surface area contributed by atoms with Crippen LogP contribution in [0.15, 0.2) is 24.3 Å². The molecule has 0 fully saturated rings. The van der Waals surface area contributed by atoms with Crippen molar-refractivity contribution in [1.82, 2.24) is 30.0 Å². The molecule has 3 rings (SSSR count). The van der Waals surface area contributed by atoms with Crippen molar-refractivity contribution in [3.8, 4) is 5.75 Å². The number of H-pyrrole nitrogens is 1. The molecule has 0 aliphatic rings. The number of benzene rings is 1. The van der Waals surface area contributed by atoms with E-state index in [0.29, 0.717) is 29.6 Å². The third-order valence-electron chi connectivity index (χ3n) is 10.8. The molecule has 0 saturated heterocycles. The average molecular weight is 803 g/mol. The topological polar surface area (TPSA) is 174 Å². The lowest BCUT2D eigenvalue weighted by Gasteiger charge is -2.40. The number of nitrogens with one attached hydrogen (secondary N) is 3. The summed E-state index contributed by atoms with van der Waals surface area (Å²) in [6, 6.07) is 6.45. The molecule has 1 aromatic carbocycles. The Hall–Kier alpha value is -3.68. The minimum Gasteiger partial charge on any atom is -0.482 e. The quantitative estimate of drug-likeness (QED) is 0.0580. The number of carbonyl (C=O) groups is 3. The standard InChI is InChI=1S/C42H68ClN7O6/c1-10-12-14-16-18-22-26-49(27-23-19-17-15-13-11-2)38(55)34(53)33(52)37(54)44-29-24-20-21-25-30(29)56-28-31(51)45-42(8,9)41(6,7)39-47-46-36-32(43)35(40(3,4)5)48-50(36)39/h20-21,24-25,33-34,48,52-53H,10-19,22-23,26-28H2,1-9H3,(H,44,54)(H,45,51). The van der Waals surface area contributed by atoms with Gasteiger partial charge in [0.15, 0.2) is 30.3 Å². The number of hydrogen-bond acceptors (Lipinski definition) is 8. The Morgan fingerprint density at radius 2 is 1.39 bits per heavy atom. The SMILES string of the molecule is CCCCCCCCN(CCCCCCCC)C(=O)C(O)C(O)C(=O)Nc1ccccc1OCC(=O)NC(C)(C)C(C)(C)c1nnc2c(Cl)c(C(C)(C)C)[nH]n12. The number of hydrogen-bond donors (Lipinski definition) is 5. The zero-order valence-corrected chi connectivity index (χ0v) is 36.0. The van der Waals surface area contributed by atoms with Crippen LogP contribution in [0.1, 0.15) is 151 Å². The summed E-state index contributed by atoms with van der Waals surface area (Å²) < 4.78 is 7.62. The maximum atomic E-state index is 13.4. The van der Waals surface area contributed by atoms with Crippen LogP contribution in [-0.4, -0.2) is 90.1 Å². The Bertz CT molecular complexity index is 1700. The van der Waals surface area contributed by atoms with Crippen molar-refractivity contribution < 1.29 is 29.3 Å². The molecule has 3 aromatic rings. The highest BCUT2D eigenvalue weighted by Gasteiger charge is 2.44. The number of para-hydroxylation sites is 2. The second kappa shape index (κ2) is 21.2. The maximum absolute atomic E-state index is 13.4. The molecule has 3 amide bonds. The molecule has 2 unspecified atom stereocenters. The van der Waals surface area contributed by atoms with E-state index in [1.54, 1.807) is 33.7 Å². The van der Waals surface area contributed by atoms with Gasteiger partial charge in [0.2, 0.25) is 0 Å². The zero-order chi connectivity index (χ0) is 41.7. The van der Waals surface area contributed by atoms with Gasteiger partial charge in [0.25, 0.3) is 17.7 Å². The smallest absolute Gasteiger partial charge is 0.258 e. The van der Waals surface area contributed by atoms with E-state index in [1.807, 2.05) is 48.5 Å². The predicted octanol–water partition coefficient (Wildman–Crippen LogP) is 7.47. The largest absolute Gasteiger partial charge is 0.482 e. The highest BCUT2D eigenvalue weighted by atomic mass is 35.5. The second-order valence-corrected chi connectivity index (χ2v) is 17.4. The van der Waals surface area contributed by atoms with Gasteiger partial charge in [0.05, 0.1) is 11.4 Å². The summed E-state index contributed by atoms with van der Waals surface area (Å²) in [6.45, 7) is 18.7. The summed E-state index contributed by atoms with van der Waals surface area (Å²) in [5, 5.41) is 40.0. The van der Waals surface area contributed by atoms with Crippen molar-refractivity contribution in [2.24, 2.45) is 0 Å². The first-order chi connectivity index (χ1) is 26.4. The van der Waals surface area contributed by atoms with Crippen LogP contribution in [0.5, 0.6) is 5.75 Å². The van der Waals surface area contributed by atoms with Crippen LogP contribution in [0.25, 0.3) is 5.65 Å². The van der Waals surface area contributed by atoms with E-state index in [2.05, 4.69) is 39.8 Å². The summed E-state index contributed by atoms with van der Waals surface area (Å²) in [5.74, 6) is -1.31. The van der Waals surface area contributed by atoms with Gasteiger partial charge in [-0.3, -0.25) is 19.5 Å². The first-order valence-corrected chi connectivity index (χ1v) is 20.9. The summed E-state index contributed by atoms with van der Waals surface area (Å²) in [6.07, 6.45) is 8.66. The molecule has 5 N–H and O–H groups in total. The zero-order valence-electron chi connectivity index (χ0n) is 35.3. The van der Waals surface area contributed by atoms with Gasteiger partial charge in [0, 0.05) is 29.5 Å². The number of fused-ring (bicyclic) bond motifs is 1. The van der Waals surface area contributed by atoms with Crippen molar-refractivity contribution in [2.75, 3.05) is 25.0 Å². The average Bonchev–Trinajstić information content (AvgIpc) is 3.72. The van der Waals surface area contributed by atoms with Gasteiger partial charge in [-0.05, 0) is 38.8 Å². The highest BCUT2D eigenvalue weighted by Crippen LogP contribution is 2.37. The lowest BCUT2D eigenvalue weighted by atomic mass is 9.73. The Morgan fingerprint density at radius 3 is 1.96 bits per heavy atom. The molecule has 2 aromatic heterocycles.